The summed E-state index contributed by atoms with van der Waals surface area (Å²) in [5.74, 6) is -0.509. The first kappa shape index (κ1) is 16.0. The van der Waals surface area contributed by atoms with Gasteiger partial charge in [-0.2, -0.15) is 13.2 Å². The number of rotatable bonds is 3. The summed E-state index contributed by atoms with van der Waals surface area (Å²) in [6, 6.07) is 0. The highest BCUT2D eigenvalue weighted by Gasteiger charge is 2.37. The minimum absolute atomic E-state index is 0. The fraction of sp³-hybridized carbons (Fsp3) is 0.556. The van der Waals surface area contributed by atoms with Crippen molar-refractivity contribution in [2.75, 3.05) is 25.5 Å². The van der Waals surface area contributed by atoms with Crippen LogP contribution in [0.25, 0.3) is 0 Å². The molecule has 0 aromatic carbocycles. The average Bonchev–Trinajstić information content (AvgIpc) is 2.73. The van der Waals surface area contributed by atoms with E-state index in [4.69, 9.17) is 5.73 Å². The molecule has 0 aliphatic carbocycles. The largest absolute Gasteiger partial charge is 0.406 e. The summed E-state index contributed by atoms with van der Waals surface area (Å²) in [6.07, 6.45) is -2.79. The van der Waals surface area contributed by atoms with Gasteiger partial charge in [0.25, 0.3) is 0 Å². The van der Waals surface area contributed by atoms with Crippen molar-refractivity contribution in [2.24, 2.45) is 0 Å². The molecule has 1 aliphatic rings. The summed E-state index contributed by atoms with van der Waals surface area (Å²) in [4.78, 5) is 18.5. The van der Waals surface area contributed by atoms with Crippen molar-refractivity contribution in [3.63, 3.8) is 0 Å². The molecule has 2 heterocycles. The molecule has 19 heavy (non-hydrogen) atoms. The Hall–Kier alpha value is -1.06. The van der Waals surface area contributed by atoms with Crippen LogP contribution in [0.3, 0.4) is 0 Å². The zero-order valence-corrected chi connectivity index (χ0v) is 11.3. The number of anilines is 1. The van der Waals surface area contributed by atoms with Crippen LogP contribution in [0.15, 0.2) is 6.20 Å². The van der Waals surface area contributed by atoms with Gasteiger partial charge in [0, 0.05) is 17.6 Å². The molecule has 2 N–H and O–H groups in total. The molecule has 0 spiro atoms. The van der Waals surface area contributed by atoms with Gasteiger partial charge in [-0.15, -0.1) is 23.7 Å². The Kier molecular flexibility index (Phi) is 4.99. The molecule has 0 bridgehead atoms. The standard InChI is InChI=1S/C9H11F3N4OS.ClH/c10-9(11,12)4-16-5-15(3-7(16)17)2-6-1-14-8(13)18-6;/h1H,2-5H2,(H2,13,14);1H. The van der Waals surface area contributed by atoms with Gasteiger partial charge in [0.15, 0.2) is 5.13 Å². The Morgan fingerprint density at radius 3 is 2.68 bits per heavy atom. The van der Waals surface area contributed by atoms with Crippen molar-refractivity contribution in [2.45, 2.75) is 12.7 Å². The first-order valence-corrected chi connectivity index (χ1v) is 5.92. The topological polar surface area (TPSA) is 62.5 Å². The van der Waals surface area contributed by atoms with Crippen LogP contribution in [0.5, 0.6) is 0 Å². The SMILES string of the molecule is Cl.Nc1ncc(CN2CC(=O)N(CC(F)(F)F)C2)s1. The van der Waals surface area contributed by atoms with Crippen molar-refractivity contribution in [1.82, 2.24) is 14.8 Å². The van der Waals surface area contributed by atoms with Gasteiger partial charge in [-0.05, 0) is 0 Å². The van der Waals surface area contributed by atoms with E-state index in [1.807, 2.05) is 0 Å². The highest BCUT2D eigenvalue weighted by Crippen LogP contribution is 2.22. The van der Waals surface area contributed by atoms with Crippen molar-refractivity contribution in [3.8, 4) is 0 Å². The van der Waals surface area contributed by atoms with Crippen molar-refractivity contribution in [1.29, 1.82) is 0 Å². The van der Waals surface area contributed by atoms with Gasteiger partial charge in [-0.3, -0.25) is 9.69 Å². The lowest BCUT2D eigenvalue weighted by molar-refractivity contribution is -0.157. The maximum Gasteiger partial charge on any atom is 0.406 e. The highest BCUT2D eigenvalue weighted by atomic mass is 35.5. The average molecular weight is 317 g/mol. The van der Waals surface area contributed by atoms with E-state index in [-0.39, 0.29) is 25.6 Å². The summed E-state index contributed by atoms with van der Waals surface area (Å²) in [7, 11) is 0. The van der Waals surface area contributed by atoms with E-state index in [1.165, 1.54) is 11.3 Å². The smallest absolute Gasteiger partial charge is 0.375 e. The van der Waals surface area contributed by atoms with Gasteiger partial charge < -0.3 is 10.6 Å². The first-order valence-electron chi connectivity index (χ1n) is 5.10. The van der Waals surface area contributed by atoms with E-state index < -0.39 is 18.6 Å². The number of amides is 1. The number of alkyl halides is 3. The maximum atomic E-state index is 12.2. The number of thiazole rings is 1. The summed E-state index contributed by atoms with van der Waals surface area (Å²) in [5, 5.41) is 0.405. The molecule has 0 radical (unpaired) electrons. The first-order chi connectivity index (χ1) is 8.33. The molecule has 5 nitrogen and oxygen atoms in total. The lowest BCUT2D eigenvalue weighted by atomic mass is 10.5. The summed E-state index contributed by atoms with van der Waals surface area (Å²) in [5.41, 5.74) is 5.45. The number of aromatic nitrogens is 1. The minimum atomic E-state index is -4.36. The molecular formula is C9H12ClF3N4OS. The fourth-order valence-electron chi connectivity index (χ4n) is 1.74. The summed E-state index contributed by atoms with van der Waals surface area (Å²) < 4.78 is 36.6. The van der Waals surface area contributed by atoms with E-state index in [9.17, 15) is 18.0 Å². The van der Waals surface area contributed by atoms with Gasteiger partial charge >= 0.3 is 6.18 Å². The fourth-order valence-corrected chi connectivity index (χ4v) is 2.46. The molecule has 10 heteroatoms. The molecule has 0 atom stereocenters. The molecule has 1 aromatic rings. The number of halogens is 4. The minimum Gasteiger partial charge on any atom is -0.375 e. The quantitative estimate of drug-likeness (QED) is 0.913. The Balaban J connectivity index is 0.00000180. The van der Waals surface area contributed by atoms with Crippen LogP contribution in [-0.2, 0) is 11.3 Å². The molecule has 1 aromatic heterocycles. The lowest BCUT2D eigenvalue weighted by Crippen LogP contribution is -2.36. The molecule has 0 saturated carbocycles. The van der Waals surface area contributed by atoms with Crippen LogP contribution in [0, 0.1) is 0 Å². The van der Waals surface area contributed by atoms with Crippen LogP contribution in [-0.4, -0.2) is 46.6 Å². The Morgan fingerprint density at radius 1 is 1.47 bits per heavy atom. The van der Waals surface area contributed by atoms with Gasteiger partial charge in [-0.25, -0.2) is 4.98 Å². The third kappa shape index (κ3) is 4.51. The second-order valence-corrected chi connectivity index (χ2v) is 5.15. The van der Waals surface area contributed by atoms with Crippen LogP contribution >= 0.6 is 23.7 Å². The number of carbonyl (C=O) groups is 1. The van der Waals surface area contributed by atoms with Crippen LogP contribution in [0.4, 0.5) is 18.3 Å². The third-order valence-corrected chi connectivity index (χ3v) is 3.21. The van der Waals surface area contributed by atoms with Gasteiger partial charge in [-0.1, -0.05) is 0 Å². The number of hydrogen-bond donors (Lipinski definition) is 1. The second-order valence-electron chi connectivity index (χ2n) is 4.00. The van der Waals surface area contributed by atoms with Crippen LogP contribution in [0.1, 0.15) is 4.88 Å². The predicted molar refractivity (Wildman–Crippen MR) is 66.8 cm³/mol. The summed E-state index contributed by atoms with van der Waals surface area (Å²) in [6.45, 7) is -0.841. The van der Waals surface area contributed by atoms with Gasteiger partial charge in [0.2, 0.25) is 5.91 Å². The number of nitrogens with zero attached hydrogens (tertiary/aromatic N) is 3. The number of nitrogen functional groups attached to an aromatic ring is 1. The van der Waals surface area contributed by atoms with Crippen molar-refractivity contribution in [3.05, 3.63) is 11.1 Å². The molecule has 1 amide bonds. The maximum absolute atomic E-state index is 12.2. The van der Waals surface area contributed by atoms with Gasteiger partial charge in [0.1, 0.15) is 6.54 Å². The zero-order valence-electron chi connectivity index (χ0n) is 9.68. The number of hydrogen-bond acceptors (Lipinski definition) is 5. The molecule has 1 saturated heterocycles. The Labute approximate surface area is 117 Å². The molecule has 1 aliphatic heterocycles. The summed E-state index contributed by atoms with van der Waals surface area (Å²) >= 11 is 1.26. The van der Waals surface area contributed by atoms with E-state index in [0.717, 1.165) is 9.78 Å². The Bertz CT molecular complexity index is 453. The van der Waals surface area contributed by atoms with E-state index in [2.05, 4.69) is 4.98 Å². The van der Waals surface area contributed by atoms with Crippen LogP contribution in [0.2, 0.25) is 0 Å². The monoisotopic (exact) mass is 316 g/mol. The highest BCUT2D eigenvalue weighted by molar-refractivity contribution is 7.15. The molecule has 0 unspecified atom stereocenters. The van der Waals surface area contributed by atoms with Crippen LogP contribution < -0.4 is 5.73 Å². The Morgan fingerprint density at radius 2 is 2.16 bits per heavy atom. The second kappa shape index (κ2) is 5.93. The number of carbonyl (C=O) groups excluding carboxylic acids is 1. The molecule has 108 valence electrons. The van der Waals surface area contributed by atoms with E-state index >= 15 is 0 Å². The lowest BCUT2D eigenvalue weighted by Gasteiger charge is -2.18. The molecule has 2 rings (SSSR count). The number of nitrogens with two attached hydrogens (primary N) is 1. The van der Waals surface area contributed by atoms with E-state index in [0.29, 0.717) is 11.7 Å². The van der Waals surface area contributed by atoms with Gasteiger partial charge in [0.05, 0.1) is 13.2 Å². The van der Waals surface area contributed by atoms with Crippen molar-refractivity contribution >= 4 is 34.8 Å². The van der Waals surface area contributed by atoms with E-state index in [1.54, 1.807) is 11.1 Å². The zero-order chi connectivity index (χ0) is 13.3. The molecule has 1 fully saturated rings. The predicted octanol–water partition coefficient (Wildman–Crippen LogP) is 1.31. The van der Waals surface area contributed by atoms with Crippen molar-refractivity contribution < 1.29 is 18.0 Å². The normalized spacial score (nSPS) is 16.8. The molecular weight excluding hydrogens is 305 g/mol. The third-order valence-electron chi connectivity index (χ3n) is 2.40.